The number of nitrogens with one attached hydrogen (secondary N) is 1. The van der Waals surface area contributed by atoms with Gasteiger partial charge in [-0.15, -0.1) is 0 Å². The summed E-state index contributed by atoms with van der Waals surface area (Å²) in [6.45, 7) is 17.0. The maximum absolute atomic E-state index is 14.7. The van der Waals surface area contributed by atoms with Crippen molar-refractivity contribution in [2.24, 2.45) is 0 Å². The number of morpholine rings is 1. The highest BCUT2D eigenvalue weighted by Gasteiger charge is 2.42. The van der Waals surface area contributed by atoms with Crippen LogP contribution in [0.1, 0.15) is 65.6 Å². The summed E-state index contributed by atoms with van der Waals surface area (Å²) in [4.78, 5) is 24.5. The number of pyridine rings is 1. The molecule has 3 aliphatic heterocycles. The third-order valence-electron chi connectivity index (χ3n) is 7.67. The largest absolute Gasteiger partial charge is 0.373 e. The third kappa shape index (κ3) is 5.90. The molecule has 1 aromatic heterocycles. The Balaban J connectivity index is 1.52. The normalized spacial score (nSPS) is 29.4. The zero-order valence-corrected chi connectivity index (χ0v) is 22.7. The van der Waals surface area contributed by atoms with Gasteiger partial charge in [0.1, 0.15) is 0 Å². The Bertz CT molecular complexity index is 933. The van der Waals surface area contributed by atoms with E-state index in [1.54, 1.807) is 11.8 Å². The number of carbonyl (C=O) groups excluding carboxylic acids is 1. The molecule has 0 bridgehead atoms. The summed E-state index contributed by atoms with van der Waals surface area (Å²) < 4.78 is 35.3. The number of amides is 1. The first kappa shape index (κ1) is 27.4. The van der Waals surface area contributed by atoms with Crippen LogP contribution in [0, 0.1) is 0 Å². The Morgan fingerprint density at radius 1 is 1.22 bits per heavy atom. The van der Waals surface area contributed by atoms with Crippen LogP contribution in [0.3, 0.4) is 0 Å². The van der Waals surface area contributed by atoms with Gasteiger partial charge < -0.3 is 15.0 Å². The fourth-order valence-electron chi connectivity index (χ4n) is 6.01. The molecule has 7 nitrogen and oxygen atoms in total. The van der Waals surface area contributed by atoms with Crippen molar-refractivity contribution in [3.8, 4) is 0 Å². The molecule has 4 heterocycles. The van der Waals surface area contributed by atoms with Gasteiger partial charge in [0.15, 0.2) is 0 Å². The molecule has 2 saturated heterocycles. The van der Waals surface area contributed by atoms with Crippen molar-refractivity contribution in [1.82, 2.24) is 20.1 Å². The Kier molecular flexibility index (Phi) is 8.05. The van der Waals surface area contributed by atoms with E-state index in [0.717, 1.165) is 32.7 Å². The Morgan fingerprint density at radius 2 is 1.92 bits per heavy atom. The monoisotopic (exact) mass is 507 g/mol. The first-order chi connectivity index (χ1) is 16.9. The van der Waals surface area contributed by atoms with Gasteiger partial charge in [0.2, 0.25) is 5.91 Å². The number of rotatable bonds is 7. The number of fused-ring (bicyclic) bond motifs is 1. The first-order valence-electron chi connectivity index (χ1n) is 13.4. The summed E-state index contributed by atoms with van der Waals surface area (Å²) in [7, 11) is 0. The lowest BCUT2D eigenvalue weighted by atomic mass is 9.91. The average molecular weight is 508 g/mol. The van der Waals surface area contributed by atoms with Crippen LogP contribution in [0.25, 0.3) is 0 Å². The Hall–Kier alpha value is -1.68. The van der Waals surface area contributed by atoms with E-state index in [0.29, 0.717) is 24.3 Å². The van der Waals surface area contributed by atoms with Gasteiger partial charge in [-0.3, -0.25) is 19.6 Å². The van der Waals surface area contributed by atoms with Gasteiger partial charge in [0.05, 0.1) is 30.1 Å². The molecule has 2 unspecified atom stereocenters. The topological polar surface area (TPSA) is 60.9 Å². The number of alkyl halides is 2. The van der Waals surface area contributed by atoms with Crippen molar-refractivity contribution in [2.75, 3.05) is 50.7 Å². The fourth-order valence-corrected chi connectivity index (χ4v) is 6.01. The van der Waals surface area contributed by atoms with Crippen LogP contribution in [-0.2, 0) is 20.9 Å². The highest BCUT2D eigenvalue weighted by molar-refractivity contribution is 5.97. The Morgan fingerprint density at radius 3 is 2.58 bits per heavy atom. The number of hydrogen-bond acceptors (Lipinski definition) is 6. The van der Waals surface area contributed by atoms with E-state index in [1.807, 2.05) is 13.8 Å². The summed E-state index contributed by atoms with van der Waals surface area (Å²) in [5.41, 5.74) is 0.755. The van der Waals surface area contributed by atoms with Crippen LogP contribution in [0.4, 0.5) is 14.5 Å². The molecule has 36 heavy (non-hydrogen) atoms. The molecule has 0 aromatic carbocycles. The molecule has 2 fully saturated rings. The van der Waals surface area contributed by atoms with Gasteiger partial charge >= 0.3 is 0 Å². The second-order valence-electron chi connectivity index (χ2n) is 11.8. The standard InChI is InChI=1S/C27H43F2N5O2/c1-7-8-27(28,29)21-9-23-25(31-10-21)26(5,6)17-34(23)24(35)16-33-12-18(2)30-11-22(33)15-32-13-19(3)36-20(4)14-32/h9-10,18-20,22,30H,7-8,11-17H2,1-6H3/t18-,19?,20?,22-/m1/s1. The summed E-state index contributed by atoms with van der Waals surface area (Å²) in [5, 5.41) is 3.56. The lowest BCUT2D eigenvalue weighted by Gasteiger charge is -2.44. The molecule has 0 aliphatic carbocycles. The molecule has 0 radical (unpaired) electrons. The molecule has 202 valence electrons. The van der Waals surface area contributed by atoms with Crippen molar-refractivity contribution in [3.63, 3.8) is 0 Å². The van der Waals surface area contributed by atoms with Gasteiger partial charge in [-0.2, -0.15) is 0 Å². The van der Waals surface area contributed by atoms with Crippen molar-refractivity contribution in [3.05, 3.63) is 23.5 Å². The number of halogens is 2. The summed E-state index contributed by atoms with van der Waals surface area (Å²) >= 11 is 0. The van der Waals surface area contributed by atoms with E-state index >= 15 is 0 Å². The SMILES string of the molecule is CCCC(F)(F)c1cnc2c(c1)N(C(=O)CN1C[C@@H](C)NC[C@@H]1CN1CC(C)OC(C)C1)CC2(C)C. The molecule has 1 amide bonds. The van der Waals surface area contributed by atoms with Crippen molar-refractivity contribution in [2.45, 2.75) is 90.0 Å². The minimum Gasteiger partial charge on any atom is -0.373 e. The maximum atomic E-state index is 14.7. The predicted octanol–water partition coefficient (Wildman–Crippen LogP) is 3.37. The highest BCUT2D eigenvalue weighted by atomic mass is 19.3. The molecular weight excluding hydrogens is 464 g/mol. The minimum absolute atomic E-state index is 0.0533. The van der Waals surface area contributed by atoms with Crippen LogP contribution in [0.2, 0.25) is 0 Å². The maximum Gasteiger partial charge on any atom is 0.274 e. The molecule has 3 aliphatic rings. The number of anilines is 1. The van der Waals surface area contributed by atoms with Crippen LogP contribution >= 0.6 is 0 Å². The third-order valence-corrected chi connectivity index (χ3v) is 7.67. The lowest BCUT2D eigenvalue weighted by Crippen LogP contribution is -2.62. The van der Waals surface area contributed by atoms with Gasteiger partial charge in [0.25, 0.3) is 5.92 Å². The molecule has 1 N–H and O–H groups in total. The number of hydrogen-bond donors (Lipinski definition) is 1. The smallest absolute Gasteiger partial charge is 0.274 e. The fraction of sp³-hybridized carbons (Fsp3) is 0.778. The zero-order chi connectivity index (χ0) is 26.3. The predicted molar refractivity (Wildman–Crippen MR) is 138 cm³/mol. The molecular formula is C27H43F2N5O2. The molecule has 4 atom stereocenters. The van der Waals surface area contributed by atoms with Gasteiger partial charge in [-0.05, 0) is 26.8 Å². The van der Waals surface area contributed by atoms with E-state index in [1.165, 1.54) is 12.3 Å². The van der Waals surface area contributed by atoms with E-state index in [4.69, 9.17) is 4.74 Å². The van der Waals surface area contributed by atoms with E-state index in [2.05, 4.69) is 40.9 Å². The average Bonchev–Trinajstić information content (AvgIpc) is 3.05. The number of piperazine rings is 1. The second-order valence-corrected chi connectivity index (χ2v) is 11.8. The van der Waals surface area contributed by atoms with Crippen LogP contribution in [-0.4, -0.2) is 90.8 Å². The number of aromatic nitrogens is 1. The minimum atomic E-state index is -2.95. The van der Waals surface area contributed by atoms with Crippen molar-refractivity contribution >= 4 is 11.6 Å². The summed E-state index contributed by atoms with van der Waals surface area (Å²) in [6.07, 6.45) is 1.82. The van der Waals surface area contributed by atoms with Crippen LogP contribution in [0.5, 0.6) is 0 Å². The van der Waals surface area contributed by atoms with Gasteiger partial charge in [0, 0.05) is 74.9 Å². The van der Waals surface area contributed by atoms with Crippen molar-refractivity contribution in [1.29, 1.82) is 0 Å². The zero-order valence-electron chi connectivity index (χ0n) is 22.7. The highest BCUT2D eigenvalue weighted by Crippen LogP contribution is 2.42. The van der Waals surface area contributed by atoms with E-state index < -0.39 is 5.92 Å². The van der Waals surface area contributed by atoms with Crippen LogP contribution < -0.4 is 10.2 Å². The molecule has 4 rings (SSSR count). The first-order valence-corrected chi connectivity index (χ1v) is 13.4. The lowest BCUT2D eigenvalue weighted by molar-refractivity contribution is -0.121. The van der Waals surface area contributed by atoms with E-state index in [9.17, 15) is 13.6 Å². The van der Waals surface area contributed by atoms with Crippen LogP contribution in [0.15, 0.2) is 12.3 Å². The quantitative estimate of drug-likeness (QED) is 0.611. The summed E-state index contributed by atoms with van der Waals surface area (Å²) in [5.74, 6) is -3.01. The molecule has 0 spiro atoms. The molecule has 9 heteroatoms. The second kappa shape index (κ2) is 10.6. The number of carbonyl (C=O) groups is 1. The number of nitrogens with zero attached hydrogens (tertiary/aromatic N) is 4. The Labute approximate surface area is 214 Å². The van der Waals surface area contributed by atoms with Gasteiger partial charge in [-0.1, -0.05) is 27.2 Å². The molecule has 0 saturated carbocycles. The van der Waals surface area contributed by atoms with Crippen molar-refractivity contribution < 1.29 is 18.3 Å². The van der Waals surface area contributed by atoms with Gasteiger partial charge in [-0.25, -0.2) is 8.78 Å². The summed E-state index contributed by atoms with van der Waals surface area (Å²) in [6, 6.07) is 1.97. The molecule has 1 aromatic rings. The van der Waals surface area contributed by atoms with E-state index in [-0.39, 0.29) is 54.1 Å². The number of ether oxygens (including phenoxy) is 1.